The minimum Gasteiger partial charge on any atom is -0.0654 e. The van der Waals surface area contributed by atoms with Gasteiger partial charge in [0.25, 0.3) is 0 Å². The number of unbranched alkanes of at least 4 members (excludes halogenated alkanes) is 9. The Bertz CT molecular complexity index is 1430. The van der Waals surface area contributed by atoms with Crippen molar-refractivity contribution >= 4 is 53.0 Å². The van der Waals surface area contributed by atoms with Crippen molar-refractivity contribution < 1.29 is 0 Å². The SMILES string of the molecule is CCCCCC(CCCCCCCCC(CCCCC)([Si](C)(C)c1ccccc1)[Si](C)(C)c1ccccc1)([Si](C)(C)c1ccccc1)[Si](C)(C)c1ccccc1. The molecule has 0 saturated carbocycles. The Labute approximate surface area is 350 Å². The van der Waals surface area contributed by atoms with Crippen LogP contribution in [0.3, 0.4) is 0 Å². The summed E-state index contributed by atoms with van der Waals surface area (Å²) in [4.78, 5) is 0. The van der Waals surface area contributed by atoms with Crippen molar-refractivity contribution in [1.29, 1.82) is 0 Å². The van der Waals surface area contributed by atoms with Crippen LogP contribution in [-0.2, 0) is 0 Å². The molecule has 0 aliphatic carbocycles. The van der Waals surface area contributed by atoms with E-state index in [1.54, 1.807) is 20.7 Å². The first-order valence-electron chi connectivity index (χ1n) is 23.0. The molecule has 0 aromatic heterocycles. The molecule has 306 valence electrons. The summed E-state index contributed by atoms with van der Waals surface area (Å²) in [7, 11) is -7.46. The summed E-state index contributed by atoms with van der Waals surface area (Å²) in [5, 5.41) is 6.66. The van der Waals surface area contributed by atoms with E-state index in [0.717, 1.165) is 0 Å². The first-order valence-corrected chi connectivity index (χ1v) is 35.0. The van der Waals surface area contributed by atoms with Gasteiger partial charge in [0, 0.05) is 0 Å². The minimum absolute atomic E-state index is 0.414. The van der Waals surface area contributed by atoms with Gasteiger partial charge >= 0.3 is 0 Å². The fourth-order valence-electron chi connectivity index (χ4n) is 11.8. The summed E-state index contributed by atoms with van der Waals surface area (Å²) in [6.45, 7) is 26.8. The Morgan fingerprint density at radius 1 is 0.286 bits per heavy atom. The highest BCUT2D eigenvalue weighted by Crippen LogP contribution is 2.56. The number of benzene rings is 4. The van der Waals surface area contributed by atoms with E-state index in [2.05, 4.69) is 188 Å². The monoisotopic (exact) mass is 819 g/mol. The predicted octanol–water partition coefficient (Wildman–Crippen LogP) is 14.3. The van der Waals surface area contributed by atoms with Crippen molar-refractivity contribution in [2.75, 3.05) is 0 Å². The predicted molar refractivity (Wildman–Crippen MR) is 265 cm³/mol. The van der Waals surface area contributed by atoms with E-state index in [0.29, 0.717) is 9.32 Å². The van der Waals surface area contributed by atoms with Crippen molar-refractivity contribution in [3.05, 3.63) is 121 Å². The number of rotatable bonds is 25. The smallest absolute Gasteiger partial charge is 0.0654 e. The maximum atomic E-state index is 2.75. The van der Waals surface area contributed by atoms with Crippen LogP contribution >= 0.6 is 0 Å². The summed E-state index contributed by atoms with van der Waals surface area (Å²) in [6, 6.07) is 47.3. The Balaban J connectivity index is 1.54. The van der Waals surface area contributed by atoms with E-state index >= 15 is 0 Å². The van der Waals surface area contributed by atoms with Crippen LogP contribution < -0.4 is 20.7 Å². The number of hydrogen-bond donors (Lipinski definition) is 0. The Morgan fingerprint density at radius 2 is 0.482 bits per heavy atom. The molecule has 4 rings (SSSR count). The molecule has 56 heavy (non-hydrogen) atoms. The van der Waals surface area contributed by atoms with Gasteiger partial charge in [-0.25, -0.2) is 0 Å². The molecule has 0 spiro atoms. The first kappa shape index (κ1) is 46.4. The second-order valence-corrected chi connectivity index (χ2v) is 39.8. The molecule has 0 radical (unpaired) electrons. The summed E-state index contributed by atoms with van der Waals surface area (Å²) in [5.41, 5.74) is 0. The molecule has 0 aliphatic heterocycles. The molecule has 0 N–H and O–H groups in total. The van der Waals surface area contributed by atoms with Gasteiger partial charge in [0.15, 0.2) is 0 Å². The molecule has 0 heterocycles. The average molecular weight is 820 g/mol. The van der Waals surface area contributed by atoms with Crippen LogP contribution in [0.15, 0.2) is 121 Å². The summed E-state index contributed by atoms with van der Waals surface area (Å²) in [6.07, 6.45) is 21.9. The Kier molecular flexibility index (Phi) is 17.5. The van der Waals surface area contributed by atoms with Crippen LogP contribution in [0.4, 0.5) is 0 Å². The van der Waals surface area contributed by atoms with Gasteiger partial charge in [-0.1, -0.05) is 311 Å². The molecule has 0 unspecified atom stereocenters. The topological polar surface area (TPSA) is 0 Å². The third-order valence-corrected chi connectivity index (χ3v) is 41.8. The zero-order valence-corrected chi connectivity index (χ0v) is 41.9. The fourth-order valence-corrected chi connectivity index (χ4v) is 38.7. The average Bonchev–Trinajstić information content (AvgIpc) is 3.21. The lowest BCUT2D eigenvalue weighted by atomic mass is 10.0. The quantitative estimate of drug-likeness (QED) is 0.0462. The molecule has 4 aromatic rings. The van der Waals surface area contributed by atoms with Crippen LogP contribution in [0.1, 0.15) is 117 Å². The number of hydrogen-bond acceptors (Lipinski definition) is 0. The lowest BCUT2D eigenvalue weighted by Gasteiger charge is -2.56. The van der Waals surface area contributed by atoms with Gasteiger partial charge in [-0.2, -0.15) is 0 Å². The highest BCUT2D eigenvalue weighted by molar-refractivity contribution is 7.11. The molecule has 0 aliphatic rings. The molecule has 0 bridgehead atoms. The standard InChI is InChI=1S/C52H82Si4/c1-11-13-31-43-51(53(3,4)47-35-23-19-24-36-47,54(5,6)48-37-25-20-26-38-48)45-33-17-15-16-18-34-46-52(44-32-14-12-2,55(7,8)49-39-27-21-28-40-49)56(9,10)50-41-29-22-30-42-50/h19-30,35-42H,11-18,31-34,43-46H2,1-10H3. The Morgan fingerprint density at radius 3 is 0.696 bits per heavy atom. The van der Waals surface area contributed by atoms with Gasteiger partial charge in [-0.15, -0.1) is 0 Å². The summed E-state index contributed by atoms with van der Waals surface area (Å²) >= 11 is 0. The van der Waals surface area contributed by atoms with E-state index in [-0.39, 0.29) is 0 Å². The molecule has 0 fully saturated rings. The van der Waals surface area contributed by atoms with Gasteiger partial charge in [-0.3, -0.25) is 0 Å². The van der Waals surface area contributed by atoms with Crippen LogP contribution in [0.5, 0.6) is 0 Å². The molecular formula is C52H82Si4. The Hall–Kier alpha value is -2.25. The molecule has 4 aromatic carbocycles. The highest BCUT2D eigenvalue weighted by Gasteiger charge is 2.58. The fraction of sp³-hybridized carbons (Fsp3) is 0.538. The van der Waals surface area contributed by atoms with Crippen molar-refractivity contribution in [2.24, 2.45) is 0 Å². The molecule has 0 saturated heterocycles. The lowest BCUT2D eigenvalue weighted by Crippen LogP contribution is -2.67. The van der Waals surface area contributed by atoms with Gasteiger partial charge in [-0.05, 0) is 9.32 Å². The first-order chi connectivity index (χ1) is 26.7. The third-order valence-electron chi connectivity index (χ3n) is 15.6. The molecular weight excluding hydrogens is 737 g/mol. The van der Waals surface area contributed by atoms with E-state index in [4.69, 9.17) is 0 Å². The molecule has 0 nitrogen and oxygen atoms in total. The zero-order valence-electron chi connectivity index (χ0n) is 37.9. The summed E-state index contributed by atoms with van der Waals surface area (Å²) < 4.78 is 0.828. The largest absolute Gasteiger partial charge is 0.0844 e. The third kappa shape index (κ3) is 10.1. The van der Waals surface area contributed by atoms with Crippen LogP contribution in [0, 0.1) is 0 Å². The molecule has 0 atom stereocenters. The second-order valence-electron chi connectivity index (χ2n) is 19.7. The van der Waals surface area contributed by atoms with Crippen molar-refractivity contribution in [3.8, 4) is 0 Å². The maximum Gasteiger partial charge on any atom is 0.0844 e. The van der Waals surface area contributed by atoms with E-state index < -0.39 is 32.3 Å². The van der Waals surface area contributed by atoms with Crippen LogP contribution in [-0.4, -0.2) is 32.3 Å². The van der Waals surface area contributed by atoms with Crippen molar-refractivity contribution in [3.63, 3.8) is 0 Å². The lowest BCUT2D eigenvalue weighted by molar-refractivity contribution is 0.480. The molecule has 0 amide bonds. The van der Waals surface area contributed by atoms with Crippen LogP contribution in [0.2, 0.25) is 61.7 Å². The van der Waals surface area contributed by atoms with Gasteiger partial charge in [0.05, 0.1) is 32.3 Å². The van der Waals surface area contributed by atoms with E-state index in [1.165, 1.54) is 103 Å². The van der Waals surface area contributed by atoms with Crippen molar-refractivity contribution in [2.45, 2.75) is 178 Å². The van der Waals surface area contributed by atoms with Gasteiger partial charge < -0.3 is 0 Å². The second kappa shape index (κ2) is 21.1. The van der Waals surface area contributed by atoms with Gasteiger partial charge in [0.1, 0.15) is 0 Å². The molecule has 4 heteroatoms. The van der Waals surface area contributed by atoms with Crippen LogP contribution in [0.25, 0.3) is 0 Å². The maximum absolute atomic E-state index is 2.75. The zero-order chi connectivity index (χ0) is 40.8. The normalized spacial score (nSPS) is 13.2. The highest BCUT2D eigenvalue weighted by atomic mass is 28.4. The summed E-state index contributed by atoms with van der Waals surface area (Å²) in [5.74, 6) is 0. The van der Waals surface area contributed by atoms with Crippen molar-refractivity contribution in [1.82, 2.24) is 0 Å². The van der Waals surface area contributed by atoms with E-state index in [9.17, 15) is 0 Å². The van der Waals surface area contributed by atoms with Gasteiger partial charge in [0.2, 0.25) is 0 Å². The van der Waals surface area contributed by atoms with E-state index in [1.807, 2.05) is 0 Å². The minimum atomic E-state index is -1.87.